The summed E-state index contributed by atoms with van der Waals surface area (Å²) in [5.74, 6) is 0.663. The molecule has 0 saturated heterocycles. The SMILES string of the molecule is Cc1ccnc(-c2cc(CC(C)C)ccn2)c1. The molecule has 0 spiro atoms. The summed E-state index contributed by atoms with van der Waals surface area (Å²) in [4.78, 5) is 8.76. The number of pyridine rings is 2. The van der Waals surface area contributed by atoms with E-state index in [0.717, 1.165) is 17.8 Å². The van der Waals surface area contributed by atoms with E-state index in [1.807, 2.05) is 18.5 Å². The van der Waals surface area contributed by atoms with Gasteiger partial charge in [0.25, 0.3) is 0 Å². The van der Waals surface area contributed by atoms with E-state index in [0.29, 0.717) is 5.92 Å². The third-order valence-corrected chi connectivity index (χ3v) is 2.65. The highest BCUT2D eigenvalue weighted by molar-refractivity contribution is 5.55. The molecule has 0 bridgehead atoms. The molecule has 0 atom stereocenters. The van der Waals surface area contributed by atoms with Gasteiger partial charge in [0.15, 0.2) is 0 Å². The standard InChI is InChI=1S/C15H18N2/c1-11(2)8-13-5-7-17-15(10-13)14-9-12(3)4-6-16-14/h4-7,9-11H,8H2,1-3H3. The number of nitrogens with zero attached hydrogens (tertiary/aromatic N) is 2. The highest BCUT2D eigenvalue weighted by Gasteiger charge is 2.03. The van der Waals surface area contributed by atoms with Gasteiger partial charge >= 0.3 is 0 Å². The fourth-order valence-electron chi connectivity index (χ4n) is 1.89. The third-order valence-electron chi connectivity index (χ3n) is 2.65. The van der Waals surface area contributed by atoms with Crippen molar-refractivity contribution in [2.75, 3.05) is 0 Å². The van der Waals surface area contributed by atoms with Crippen LogP contribution in [0.4, 0.5) is 0 Å². The predicted molar refractivity (Wildman–Crippen MR) is 70.7 cm³/mol. The lowest BCUT2D eigenvalue weighted by atomic mass is 10.0. The van der Waals surface area contributed by atoms with E-state index < -0.39 is 0 Å². The fraction of sp³-hybridized carbons (Fsp3) is 0.333. The zero-order valence-electron chi connectivity index (χ0n) is 10.6. The molecule has 0 amide bonds. The smallest absolute Gasteiger partial charge is 0.0888 e. The molecule has 0 aromatic carbocycles. The lowest BCUT2D eigenvalue weighted by Gasteiger charge is -2.07. The van der Waals surface area contributed by atoms with Gasteiger partial charge in [-0.15, -0.1) is 0 Å². The van der Waals surface area contributed by atoms with Crippen molar-refractivity contribution in [1.29, 1.82) is 0 Å². The van der Waals surface area contributed by atoms with Crippen molar-refractivity contribution in [3.63, 3.8) is 0 Å². The number of rotatable bonds is 3. The lowest BCUT2D eigenvalue weighted by Crippen LogP contribution is -1.96. The van der Waals surface area contributed by atoms with Crippen LogP contribution in [0.5, 0.6) is 0 Å². The monoisotopic (exact) mass is 226 g/mol. The topological polar surface area (TPSA) is 25.8 Å². The summed E-state index contributed by atoms with van der Waals surface area (Å²) >= 11 is 0. The molecule has 0 radical (unpaired) electrons. The van der Waals surface area contributed by atoms with Crippen LogP contribution in [-0.4, -0.2) is 9.97 Å². The van der Waals surface area contributed by atoms with Crippen LogP contribution in [0, 0.1) is 12.8 Å². The largest absolute Gasteiger partial charge is 0.255 e. The van der Waals surface area contributed by atoms with Crippen molar-refractivity contribution in [2.45, 2.75) is 27.2 Å². The second kappa shape index (κ2) is 5.09. The molecule has 2 aromatic rings. The molecule has 2 rings (SSSR count). The zero-order valence-corrected chi connectivity index (χ0v) is 10.6. The van der Waals surface area contributed by atoms with Gasteiger partial charge in [0.2, 0.25) is 0 Å². The first kappa shape index (κ1) is 11.8. The molecule has 2 nitrogen and oxygen atoms in total. The Labute approximate surface area is 103 Å². The summed E-state index contributed by atoms with van der Waals surface area (Å²) in [5, 5.41) is 0. The first-order valence-corrected chi connectivity index (χ1v) is 6.03. The summed E-state index contributed by atoms with van der Waals surface area (Å²) in [6, 6.07) is 8.30. The number of aryl methyl sites for hydroxylation is 1. The van der Waals surface area contributed by atoms with Crippen molar-refractivity contribution in [3.8, 4) is 11.4 Å². The average Bonchev–Trinajstić information content (AvgIpc) is 2.28. The van der Waals surface area contributed by atoms with E-state index in [9.17, 15) is 0 Å². The van der Waals surface area contributed by atoms with Crippen LogP contribution in [0.3, 0.4) is 0 Å². The van der Waals surface area contributed by atoms with Crippen molar-refractivity contribution >= 4 is 0 Å². The Morgan fingerprint density at radius 2 is 1.65 bits per heavy atom. The van der Waals surface area contributed by atoms with Gasteiger partial charge in [0, 0.05) is 12.4 Å². The van der Waals surface area contributed by atoms with Crippen molar-refractivity contribution < 1.29 is 0 Å². The third kappa shape index (κ3) is 3.13. The Balaban J connectivity index is 2.33. The quantitative estimate of drug-likeness (QED) is 0.798. The van der Waals surface area contributed by atoms with E-state index in [2.05, 4.69) is 48.9 Å². The lowest BCUT2D eigenvalue weighted by molar-refractivity contribution is 0.647. The molecule has 0 aliphatic carbocycles. The Morgan fingerprint density at radius 1 is 1.00 bits per heavy atom. The summed E-state index contributed by atoms with van der Waals surface area (Å²) < 4.78 is 0. The highest BCUT2D eigenvalue weighted by atomic mass is 14.8. The number of hydrogen-bond donors (Lipinski definition) is 0. The normalized spacial score (nSPS) is 10.8. The van der Waals surface area contributed by atoms with E-state index >= 15 is 0 Å². The van der Waals surface area contributed by atoms with Crippen LogP contribution in [0.15, 0.2) is 36.7 Å². The highest BCUT2D eigenvalue weighted by Crippen LogP contribution is 2.17. The summed E-state index contributed by atoms with van der Waals surface area (Å²) in [6.07, 6.45) is 4.79. The minimum atomic E-state index is 0.663. The van der Waals surface area contributed by atoms with Crippen molar-refractivity contribution in [1.82, 2.24) is 9.97 Å². The Bertz CT molecular complexity index is 504. The molecule has 17 heavy (non-hydrogen) atoms. The predicted octanol–water partition coefficient (Wildman–Crippen LogP) is 3.65. The second-order valence-corrected chi connectivity index (χ2v) is 4.87. The maximum atomic E-state index is 4.40. The maximum absolute atomic E-state index is 4.40. The van der Waals surface area contributed by atoms with E-state index in [-0.39, 0.29) is 0 Å². The first-order valence-electron chi connectivity index (χ1n) is 6.03. The Kier molecular flexibility index (Phi) is 3.52. The van der Waals surface area contributed by atoms with Gasteiger partial charge < -0.3 is 0 Å². The van der Waals surface area contributed by atoms with Crippen LogP contribution in [0.25, 0.3) is 11.4 Å². The van der Waals surface area contributed by atoms with Gasteiger partial charge in [-0.25, -0.2) is 0 Å². The number of hydrogen-bond acceptors (Lipinski definition) is 2. The number of aromatic nitrogens is 2. The van der Waals surface area contributed by atoms with Crippen molar-refractivity contribution in [3.05, 3.63) is 47.8 Å². The van der Waals surface area contributed by atoms with E-state index in [1.54, 1.807) is 0 Å². The molecular weight excluding hydrogens is 208 g/mol. The van der Waals surface area contributed by atoms with Crippen LogP contribution >= 0.6 is 0 Å². The fourth-order valence-corrected chi connectivity index (χ4v) is 1.89. The molecular formula is C15H18N2. The first-order chi connectivity index (χ1) is 8.15. The molecule has 0 fully saturated rings. The minimum Gasteiger partial charge on any atom is -0.255 e. The van der Waals surface area contributed by atoms with Gasteiger partial charge in [-0.1, -0.05) is 13.8 Å². The van der Waals surface area contributed by atoms with E-state index in [4.69, 9.17) is 0 Å². The molecule has 0 saturated carbocycles. The van der Waals surface area contributed by atoms with Gasteiger partial charge in [-0.2, -0.15) is 0 Å². The van der Waals surface area contributed by atoms with Gasteiger partial charge in [-0.05, 0) is 54.7 Å². The molecule has 0 N–H and O–H groups in total. The zero-order chi connectivity index (χ0) is 12.3. The maximum Gasteiger partial charge on any atom is 0.0888 e. The van der Waals surface area contributed by atoms with Crippen LogP contribution in [0.2, 0.25) is 0 Å². The molecule has 88 valence electrons. The van der Waals surface area contributed by atoms with Crippen molar-refractivity contribution in [2.24, 2.45) is 5.92 Å². The summed E-state index contributed by atoms with van der Waals surface area (Å²) in [6.45, 7) is 6.53. The van der Waals surface area contributed by atoms with Gasteiger partial charge in [0.05, 0.1) is 11.4 Å². The average molecular weight is 226 g/mol. The Morgan fingerprint density at radius 3 is 2.29 bits per heavy atom. The van der Waals surface area contributed by atoms with E-state index in [1.165, 1.54) is 11.1 Å². The molecule has 0 unspecified atom stereocenters. The van der Waals surface area contributed by atoms with Crippen LogP contribution < -0.4 is 0 Å². The molecule has 0 aliphatic heterocycles. The van der Waals surface area contributed by atoms with Crippen LogP contribution in [-0.2, 0) is 6.42 Å². The molecule has 2 aromatic heterocycles. The van der Waals surface area contributed by atoms with Gasteiger partial charge in [-0.3, -0.25) is 9.97 Å². The summed E-state index contributed by atoms with van der Waals surface area (Å²) in [7, 11) is 0. The molecule has 2 heterocycles. The summed E-state index contributed by atoms with van der Waals surface area (Å²) in [5.41, 5.74) is 4.46. The molecule has 2 heteroatoms. The van der Waals surface area contributed by atoms with Gasteiger partial charge in [0.1, 0.15) is 0 Å². The van der Waals surface area contributed by atoms with Crippen LogP contribution in [0.1, 0.15) is 25.0 Å². The molecule has 0 aliphatic rings. The minimum absolute atomic E-state index is 0.663. The Hall–Kier alpha value is -1.70. The second-order valence-electron chi connectivity index (χ2n) is 4.87.